The summed E-state index contributed by atoms with van der Waals surface area (Å²) in [5.41, 5.74) is 0. The third kappa shape index (κ3) is 23.0. The van der Waals surface area contributed by atoms with E-state index in [4.69, 9.17) is 9.47 Å². The van der Waals surface area contributed by atoms with Gasteiger partial charge >= 0.3 is 6.03 Å². The molecule has 0 aromatic heterocycles. The largest absolute Gasteiger partial charge is 0.378 e. The maximum Gasteiger partial charge on any atom is 0.314 e. The molecule has 0 atom stereocenters. The lowest BCUT2D eigenvalue weighted by Crippen LogP contribution is -2.37. The van der Waals surface area contributed by atoms with Crippen LogP contribution in [-0.4, -0.2) is 58.6 Å². The fourth-order valence-electron chi connectivity index (χ4n) is 1.10. The van der Waals surface area contributed by atoms with E-state index in [0.29, 0.717) is 39.5 Å². The predicted octanol–water partition coefficient (Wildman–Crippen LogP) is 2.33. The number of halogens is 1. The Morgan fingerprint density at radius 2 is 1.45 bits per heavy atom. The molecule has 0 aliphatic rings. The monoisotopic (exact) mass is 411 g/mol. The van der Waals surface area contributed by atoms with Gasteiger partial charge in [-0.2, -0.15) is 0 Å². The Morgan fingerprint density at radius 3 is 1.95 bits per heavy atom. The van der Waals surface area contributed by atoms with Gasteiger partial charge in [-0.25, -0.2) is 4.79 Å². The van der Waals surface area contributed by atoms with Gasteiger partial charge in [0.05, 0.1) is 26.4 Å². The molecule has 7 heteroatoms. The van der Waals surface area contributed by atoms with Crippen LogP contribution in [0.4, 0.5) is 4.79 Å². The summed E-state index contributed by atoms with van der Waals surface area (Å²) >= 11 is 0. The van der Waals surface area contributed by atoms with Crippen molar-refractivity contribution >= 4 is 30.0 Å². The number of likely N-dealkylation sites (N-methyl/N-ethyl adjacent to an activating group) is 1. The molecule has 0 fully saturated rings. The lowest BCUT2D eigenvalue weighted by Gasteiger charge is -2.07. The molecule has 0 spiro atoms. The zero-order chi connectivity index (χ0) is 14.8. The first kappa shape index (κ1) is 24.9. The van der Waals surface area contributed by atoms with Crippen molar-refractivity contribution in [2.45, 2.75) is 27.7 Å². The van der Waals surface area contributed by atoms with Crippen molar-refractivity contribution in [2.24, 2.45) is 0 Å². The molecule has 130 valence electrons. The molecular weight excluding hydrogens is 373 g/mol. The summed E-state index contributed by atoms with van der Waals surface area (Å²) in [5, 5.41) is 8.48. The first-order chi connectivity index (χ1) is 9.31. The van der Waals surface area contributed by atoms with Gasteiger partial charge in [0.15, 0.2) is 0 Å². The third-order valence-corrected chi connectivity index (χ3v) is 1.91. The average Bonchev–Trinajstić information content (AvgIpc) is 2.43. The van der Waals surface area contributed by atoms with Gasteiger partial charge in [-0.05, 0) is 13.5 Å². The van der Waals surface area contributed by atoms with Crippen LogP contribution >= 0.6 is 24.0 Å². The van der Waals surface area contributed by atoms with Crippen molar-refractivity contribution in [1.82, 2.24) is 16.0 Å². The minimum atomic E-state index is -0.155. The van der Waals surface area contributed by atoms with Crippen LogP contribution in [0.15, 0.2) is 0 Å². The second kappa shape index (κ2) is 23.9. The van der Waals surface area contributed by atoms with Crippen molar-refractivity contribution in [3.8, 4) is 0 Å². The fraction of sp³-hybridized carbons (Fsp3) is 0.923. The van der Waals surface area contributed by atoms with Gasteiger partial charge in [0, 0.05) is 23.9 Å². The maximum atomic E-state index is 11.0. The molecule has 3 N–H and O–H groups in total. The molecule has 0 rings (SSSR count). The highest BCUT2D eigenvalue weighted by Crippen LogP contribution is 1.78. The van der Waals surface area contributed by atoms with E-state index in [9.17, 15) is 4.79 Å². The second-order valence-corrected chi connectivity index (χ2v) is 3.36. The molecule has 0 aliphatic heterocycles. The number of carbonyl (C=O) groups excluding carboxylic acids is 1. The van der Waals surface area contributed by atoms with Crippen LogP contribution in [0.25, 0.3) is 0 Å². The molecule has 0 aliphatic carbocycles. The minimum Gasteiger partial charge on any atom is -0.378 e. The molecule has 0 saturated carbocycles. The van der Waals surface area contributed by atoms with Gasteiger partial charge in [0.2, 0.25) is 0 Å². The molecule has 2 amide bonds. The number of hydrogen-bond donors (Lipinski definition) is 3. The molecule has 20 heavy (non-hydrogen) atoms. The standard InChI is InChI=1S/C11H25N3O3.C2H6.HI.3H2/c1-3-12-5-7-16-9-10-17-8-6-14-11(15)13-4-2;1-2;;;;/h12H,3-10H2,1-2H3,(H2,13,14,15);1-2H3;4*1H. The Bertz CT molecular complexity index is 199. The average molecular weight is 411 g/mol. The molecule has 0 heterocycles. The summed E-state index contributed by atoms with van der Waals surface area (Å²) in [6.45, 7) is 13.3. The molecule has 0 aromatic rings. The lowest BCUT2D eigenvalue weighted by atomic mass is 10.6. The van der Waals surface area contributed by atoms with Crippen molar-refractivity contribution in [3.05, 3.63) is 0 Å². The van der Waals surface area contributed by atoms with Crippen LogP contribution in [0.3, 0.4) is 0 Å². The van der Waals surface area contributed by atoms with Gasteiger partial charge in [0.1, 0.15) is 0 Å². The summed E-state index contributed by atoms with van der Waals surface area (Å²) in [4.78, 5) is 11.0. The van der Waals surface area contributed by atoms with E-state index in [1.807, 2.05) is 20.8 Å². The normalized spacial score (nSPS) is 9.00. The summed E-state index contributed by atoms with van der Waals surface area (Å²) in [6, 6.07) is -0.155. The van der Waals surface area contributed by atoms with Gasteiger partial charge < -0.3 is 25.4 Å². The lowest BCUT2D eigenvalue weighted by molar-refractivity contribution is 0.0506. The highest BCUT2D eigenvalue weighted by Gasteiger charge is 1.95. The zero-order valence-electron chi connectivity index (χ0n) is 13.3. The quantitative estimate of drug-likeness (QED) is 0.361. The van der Waals surface area contributed by atoms with E-state index in [1.54, 1.807) is 0 Å². The molecule has 0 bridgehead atoms. The highest BCUT2D eigenvalue weighted by atomic mass is 127. The van der Waals surface area contributed by atoms with Crippen molar-refractivity contribution in [3.63, 3.8) is 0 Å². The van der Waals surface area contributed by atoms with Crippen LogP contribution in [0.2, 0.25) is 0 Å². The summed E-state index contributed by atoms with van der Waals surface area (Å²) < 4.78 is 10.6. The van der Waals surface area contributed by atoms with Crippen LogP contribution in [0.1, 0.15) is 32.0 Å². The molecule has 0 unspecified atom stereocenters. The molecular formula is C13H38IN3O3. The zero-order valence-corrected chi connectivity index (χ0v) is 15.6. The fourth-order valence-corrected chi connectivity index (χ4v) is 1.10. The Labute approximate surface area is 145 Å². The smallest absolute Gasteiger partial charge is 0.314 e. The number of ether oxygens (including phenoxy) is 2. The van der Waals surface area contributed by atoms with Crippen LogP contribution in [-0.2, 0) is 9.47 Å². The van der Waals surface area contributed by atoms with E-state index in [-0.39, 0.29) is 34.3 Å². The SMILES string of the molecule is CC.CCNCCOCCOCCNC(=O)NCC.I.[HH].[HH].[HH]. The summed E-state index contributed by atoms with van der Waals surface area (Å²) in [5.74, 6) is 0. The Kier molecular flexibility index (Phi) is 29.8. The number of nitrogens with one attached hydrogen (secondary N) is 3. The molecule has 0 aromatic carbocycles. The van der Waals surface area contributed by atoms with Gasteiger partial charge in [0.25, 0.3) is 0 Å². The van der Waals surface area contributed by atoms with E-state index in [2.05, 4.69) is 22.9 Å². The van der Waals surface area contributed by atoms with Gasteiger partial charge in [-0.15, -0.1) is 24.0 Å². The minimum absolute atomic E-state index is 0. The van der Waals surface area contributed by atoms with E-state index >= 15 is 0 Å². The van der Waals surface area contributed by atoms with Crippen LogP contribution in [0, 0.1) is 0 Å². The molecule has 0 radical (unpaired) electrons. The van der Waals surface area contributed by atoms with Crippen LogP contribution < -0.4 is 16.0 Å². The van der Waals surface area contributed by atoms with E-state index < -0.39 is 0 Å². The van der Waals surface area contributed by atoms with Gasteiger partial charge in [-0.3, -0.25) is 0 Å². The first-order valence-electron chi connectivity index (χ1n) is 7.19. The van der Waals surface area contributed by atoms with Crippen molar-refractivity contribution in [2.75, 3.05) is 52.6 Å². The summed E-state index contributed by atoms with van der Waals surface area (Å²) in [7, 11) is 0. The van der Waals surface area contributed by atoms with E-state index in [1.165, 1.54) is 0 Å². The Hall–Kier alpha value is -0.120. The summed E-state index contributed by atoms with van der Waals surface area (Å²) in [6.07, 6.45) is 0. The maximum absolute atomic E-state index is 11.0. The van der Waals surface area contributed by atoms with E-state index in [0.717, 1.165) is 13.1 Å². The third-order valence-electron chi connectivity index (χ3n) is 1.91. The first-order valence-corrected chi connectivity index (χ1v) is 7.19. The molecule has 6 nitrogen and oxygen atoms in total. The number of urea groups is 1. The number of hydrogen-bond acceptors (Lipinski definition) is 4. The second-order valence-electron chi connectivity index (χ2n) is 3.36. The van der Waals surface area contributed by atoms with Gasteiger partial charge in [-0.1, -0.05) is 20.8 Å². The van der Waals surface area contributed by atoms with Crippen LogP contribution in [0.5, 0.6) is 0 Å². The predicted molar refractivity (Wildman–Crippen MR) is 100 cm³/mol. The van der Waals surface area contributed by atoms with Crippen molar-refractivity contribution in [1.29, 1.82) is 0 Å². The Balaban J connectivity index is -0.000000115. The highest BCUT2D eigenvalue weighted by molar-refractivity contribution is 14.0. The Morgan fingerprint density at radius 1 is 0.900 bits per heavy atom. The number of rotatable bonds is 11. The molecule has 0 saturated heterocycles. The number of amides is 2. The number of carbonyl (C=O) groups is 1. The van der Waals surface area contributed by atoms with Crippen molar-refractivity contribution < 1.29 is 18.5 Å². The topological polar surface area (TPSA) is 71.6 Å².